The molecule has 0 bridgehead atoms. The number of carbonyl (C=O) groups is 2. The van der Waals surface area contributed by atoms with Gasteiger partial charge < -0.3 is 15.8 Å². The molecule has 1 unspecified atom stereocenters. The van der Waals surface area contributed by atoms with E-state index in [2.05, 4.69) is 10.3 Å². The lowest BCUT2D eigenvalue weighted by Gasteiger charge is -2.16. The monoisotopic (exact) mass is 403 g/mol. The van der Waals surface area contributed by atoms with E-state index in [-0.39, 0.29) is 17.9 Å². The van der Waals surface area contributed by atoms with Gasteiger partial charge in [-0.05, 0) is 66.4 Å². The van der Waals surface area contributed by atoms with Gasteiger partial charge in [-0.2, -0.15) is 0 Å². The van der Waals surface area contributed by atoms with Crippen LogP contribution in [0.15, 0.2) is 67.0 Å². The predicted octanol–water partition coefficient (Wildman–Crippen LogP) is 4.59. The Hall–Kier alpha value is -3.51. The Balaban J connectivity index is 1.96. The second-order valence-electron chi connectivity index (χ2n) is 7.00. The average Bonchev–Trinajstić information content (AvgIpc) is 2.77. The van der Waals surface area contributed by atoms with Gasteiger partial charge in [0.1, 0.15) is 0 Å². The topological polar surface area (TPSA) is 94.3 Å². The van der Waals surface area contributed by atoms with Crippen LogP contribution in [-0.4, -0.2) is 23.5 Å². The second kappa shape index (κ2) is 9.80. The molecule has 0 radical (unpaired) electrons. The molecule has 0 saturated heterocycles. The highest BCUT2D eigenvalue weighted by Crippen LogP contribution is 2.30. The molecule has 1 amide bonds. The van der Waals surface area contributed by atoms with Crippen molar-refractivity contribution in [2.45, 2.75) is 26.3 Å². The fourth-order valence-electron chi connectivity index (χ4n) is 3.07. The fourth-order valence-corrected chi connectivity index (χ4v) is 3.07. The van der Waals surface area contributed by atoms with Crippen LogP contribution in [0.25, 0.3) is 11.1 Å². The molecule has 0 aliphatic heterocycles. The van der Waals surface area contributed by atoms with Crippen molar-refractivity contribution in [3.05, 3.63) is 83.7 Å². The first-order valence-electron chi connectivity index (χ1n) is 9.88. The summed E-state index contributed by atoms with van der Waals surface area (Å²) in [4.78, 5) is 29.0. The lowest BCUT2D eigenvalue weighted by Crippen LogP contribution is -2.14. The number of carbonyl (C=O) groups excluding carboxylic acids is 2. The van der Waals surface area contributed by atoms with Crippen molar-refractivity contribution >= 4 is 17.6 Å². The van der Waals surface area contributed by atoms with Gasteiger partial charge in [-0.25, -0.2) is 4.79 Å². The van der Waals surface area contributed by atoms with Gasteiger partial charge in [0.2, 0.25) is 0 Å². The summed E-state index contributed by atoms with van der Waals surface area (Å²) in [5, 5.41) is 2.85. The Morgan fingerprint density at radius 2 is 1.83 bits per heavy atom. The lowest BCUT2D eigenvalue weighted by atomic mass is 9.92. The number of benzene rings is 2. The Bertz CT molecular complexity index is 1030. The van der Waals surface area contributed by atoms with E-state index < -0.39 is 0 Å². The molecular formula is C24H25N3O3. The van der Waals surface area contributed by atoms with Gasteiger partial charge in [0, 0.05) is 29.7 Å². The number of hydrogen-bond donors (Lipinski definition) is 2. The number of esters is 1. The van der Waals surface area contributed by atoms with Crippen molar-refractivity contribution in [3.8, 4) is 11.1 Å². The van der Waals surface area contributed by atoms with Gasteiger partial charge in [0.15, 0.2) is 0 Å². The number of nitrogens with zero attached hydrogens (tertiary/aromatic N) is 1. The molecule has 6 heteroatoms. The highest BCUT2D eigenvalue weighted by atomic mass is 16.5. The number of nitrogens with one attached hydrogen (secondary N) is 1. The van der Waals surface area contributed by atoms with E-state index in [1.54, 1.807) is 54.9 Å². The molecule has 3 N–H and O–H groups in total. The summed E-state index contributed by atoms with van der Waals surface area (Å²) in [6.07, 6.45) is 3.99. The summed E-state index contributed by atoms with van der Waals surface area (Å²) in [6, 6.07) is 15.8. The maximum absolute atomic E-state index is 12.7. The van der Waals surface area contributed by atoms with Crippen molar-refractivity contribution in [1.82, 2.24) is 4.98 Å². The van der Waals surface area contributed by atoms with Crippen molar-refractivity contribution in [3.63, 3.8) is 0 Å². The zero-order chi connectivity index (χ0) is 21.5. The number of nitrogens with two attached hydrogens (primary N) is 1. The molecule has 0 aliphatic rings. The molecule has 3 rings (SSSR count). The van der Waals surface area contributed by atoms with Crippen molar-refractivity contribution in [1.29, 1.82) is 0 Å². The van der Waals surface area contributed by atoms with Crippen LogP contribution < -0.4 is 11.1 Å². The number of hydrogen-bond acceptors (Lipinski definition) is 5. The van der Waals surface area contributed by atoms with Crippen LogP contribution in [0.2, 0.25) is 0 Å². The Morgan fingerprint density at radius 1 is 1.07 bits per heavy atom. The van der Waals surface area contributed by atoms with E-state index in [0.717, 1.165) is 23.1 Å². The number of ether oxygens (including phenoxy) is 1. The SMILES string of the molecule is CCCOC(=O)c1cccc(-c2cc(C(=O)Nc3ccncc3)ccc2C(C)N)c1. The summed E-state index contributed by atoms with van der Waals surface area (Å²) in [5.74, 6) is -0.607. The van der Waals surface area contributed by atoms with Gasteiger partial charge in [-0.1, -0.05) is 25.1 Å². The van der Waals surface area contributed by atoms with Crippen molar-refractivity contribution < 1.29 is 14.3 Å². The summed E-state index contributed by atoms with van der Waals surface area (Å²) in [5.41, 5.74) is 10.3. The molecule has 0 fully saturated rings. The lowest BCUT2D eigenvalue weighted by molar-refractivity contribution is 0.0505. The Kier molecular flexibility index (Phi) is 6.93. The highest BCUT2D eigenvalue weighted by molar-refractivity contribution is 6.05. The van der Waals surface area contributed by atoms with Gasteiger partial charge in [0.05, 0.1) is 12.2 Å². The van der Waals surface area contributed by atoms with Crippen molar-refractivity contribution in [2.75, 3.05) is 11.9 Å². The second-order valence-corrected chi connectivity index (χ2v) is 7.00. The van der Waals surface area contributed by atoms with Gasteiger partial charge in [-0.15, -0.1) is 0 Å². The maximum Gasteiger partial charge on any atom is 0.338 e. The maximum atomic E-state index is 12.7. The predicted molar refractivity (Wildman–Crippen MR) is 117 cm³/mol. The van der Waals surface area contributed by atoms with Gasteiger partial charge >= 0.3 is 5.97 Å². The third-order valence-electron chi connectivity index (χ3n) is 4.59. The first kappa shape index (κ1) is 21.2. The molecule has 154 valence electrons. The van der Waals surface area contributed by atoms with E-state index in [4.69, 9.17) is 10.5 Å². The molecule has 30 heavy (non-hydrogen) atoms. The first-order valence-corrected chi connectivity index (χ1v) is 9.88. The van der Waals surface area contributed by atoms with Crippen molar-refractivity contribution in [2.24, 2.45) is 5.73 Å². The molecule has 0 aliphatic carbocycles. The summed E-state index contributed by atoms with van der Waals surface area (Å²) in [7, 11) is 0. The zero-order valence-corrected chi connectivity index (χ0v) is 17.1. The Labute approximate surface area is 176 Å². The molecule has 1 aromatic heterocycles. The van der Waals surface area contributed by atoms with Crippen LogP contribution >= 0.6 is 0 Å². The fraction of sp³-hybridized carbons (Fsp3) is 0.208. The number of aromatic nitrogens is 1. The third-order valence-corrected chi connectivity index (χ3v) is 4.59. The van der Waals surface area contributed by atoms with E-state index in [0.29, 0.717) is 23.4 Å². The smallest absolute Gasteiger partial charge is 0.338 e. The molecule has 1 atom stereocenters. The molecule has 0 spiro atoms. The number of anilines is 1. The minimum absolute atomic E-state index is 0.239. The first-order chi connectivity index (χ1) is 14.5. The van der Waals surface area contributed by atoms with Crippen LogP contribution in [0.4, 0.5) is 5.69 Å². The van der Waals surface area contributed by atoms with Crippen LogP contribution in [-0.2, 0) is 4.74 Å². The van der Waals surface area contributed by atoms with Gasteiger partial charge in [0.25, 0.3) is 5.91 Å². The normalized spacial score (nSPS) is 11.6. The standard InChI is InChI=1S/C24H25N3O3/c1-3-13-30-24(29)19-6-4-5-17(14-19)22-15-18(7-8-21(22)16(2)25)23(28)27-20-9-11-26-12-10-20/h4-12,14-16H,3,13,25H2,1-2H3,(H,26,27,28). The molecule has 0 saturated carbocycles. The van der Waals surface area contributed by atoms with E-state index in [9.17, 15) is 9.59 Å². The molecule has 2 aromatic carbocycles. The zero-order valence-electron chi connectivity index (χ0n) is 17.1. The Morgan fingerprint density at radius 3 is 2.53 bits per heavy atom. The highest BCUT2D eigenvalue weighted by Gasteiger charge is 2.15. The molecule has 1 heterocycles. The van der Waals surface area contributed by atoms with E-state index >= 15 is 0 Å². The van der Waals surface area contributed by atoms with Crippen LogP contribution in [0, 0.1) is 0 Å². The van der Waals surface area contributed by atoms with Crippen LogP contribution in [0.3, 0.4) is 0 Å². The summed E-state index contributed by atoms with van der Waals surface area (Å²) in [6.45, 7) is 4.20. The molecular weight excluding hydrogens is 378 g/mol. The summed E-state index contributed by atoms with van der Waals surface area (Å²) < 4.78 is 5.24. The number of pyridine rings is 1. The van der Waals surface area contributed by atoms with Crippen LogP contribution in [0.1, 0.15) is 52.6 Å². The van der Waals surface area contributed by atoms with Crippen LogP contribution in [0.5, 0.6) is 0 Å². The minimum atomic E-state index is -0.368. The molecule has 6 nitrogen and oxygen atoms in total. The quantitative estimate of drug-likeness (QED) is 0.563. The molecule has 3 aromatic rings. The average molecular weight is 403 g/mol. The minimum Gasteiger partial charge on any atom is -0.462 e. The third kappa shape index (κ3) is 5.10. The number of amides is 1. The number of rotatable bonds is 7. The van der Waals surface area contributed by atoms with Gasteiger partial charge in [-0.3, -0.25) is 9.78 Å². The van der Waals surface area contributed by atoms with E-state index in [1.807, 2.05) is 26.0 Å². The largest absolute Gasteiger partial charge is 0.462 e. The summed E-state index contributed by atoms with van der Waals surface area (Å²) >= 11 is 0. The van der Waals surface area contributed by atoms with E-state index in [1.165, 1.54) is 0 Å².